The van der Waals surface area contributed by atoms with Crippen LogP contribution in [0.4, 0.5) is 0 Å². The number of carbonyl (C=O) groups is 1. The molecule has 1 aliphatic rings. The average Bonchev–Trinajstić information content (AvgIpc) is 3.06. The summed E-state index contributed by atoms with van der Waals surface area (Å²) in [4.78, 5) is 22.2. The Morgan fingerprint density at radius 3 is 2.79 bits per heavy atom. The van der Waals surface area contributed by atoms with Crippen LogP contribution in [0.15, 0.2) is 42.7 Å². The van der Waals surface area contributed by atoms with Gasteiger partial charge < -0.3 is 9.64 Å². The largest absolute Gasteiger partial charge is 0.458 e. The van der Waals surface area contributed by atoms with E-state index in [-0.39, 0.29) is 12.0 Å². The molecule has 2 aromatic rings. The van der Waals surface area contributed by atoms with Crippen LogP contribution >= 0.6 is 23.4 Å². The predicted octanol–water partition coefficient (Wildman–Crippen LogP) is 3.04. The van der Waals surface area contributed by atoms with E-state index in [1.807, 2.05) is 23.1 Å². The molecule has 126 valence electrons. The van der Waals surface area contributed by atoms with Gasteiger partial charge in [0.15, 0.2) is 0 Å². The fourth-order valence-corrected chi connectivity index (χ4v) is 3.47. The van der Waals surface area contributed by atoms with Crippen molar-refractivity contribution in [2.75, 3.05) is 18.8 Å². The van der Waals surface area contributed by atoms with E-state index in [9.17, 15) is 4.79 Å². The van der Waals surface area contributed by atoms with Crippen LogP contribution in [0, 0.1) is 0 Å². The highest BCUT2D eigenvalue weighted by atomic mass is 35.5. The summed E-state index contributed by atoms with van der Waals surface area (Å²) >= 11 is 7.39. The third kappa shape index (κ3) is 4.85. The minimum absolute atomic E-state index is 0.0609. The van der Waals surface area contributed by atoms with E-state index in [1.54, 1.807) is 11.8 Å². The molecule has 0 N–H and O–H groups in total. The Bertz CT molecular complexity index is 669. The van der Waals surface area contributed by atoms with Gasteiger partial charge in [-0.2, -0.15) is 0 Å². The molecule has 1 aliphatic heterocycles. The summed E-state index contributed by atoms with van der Waals surface area (Å²) in [5.74, 6) is 1.48. The van der Waals surface area contributed by atoms with E-state index in [2.05, 4.69) is 22.1 Å². The van der Waals surface area contributed by atoms with Gasteiger partial charge in [0.05, 0.1) is 29.7 Å². The van der Waals surface area contributed by atoms with E-state index in [0.717, 1.165) is 12.2 Å². The average molecular weight is 364 g/mol. The van der Waals surface area contributed by atoms with E-state index in [1.165, 1.54) is 18.0 Å². The molecular formula is C17H18ClN3O2S. The molecule has 1 saturated heterocycles. The molecule has 0 spiro atoms. The second-order valence-electron chi connectivity index (χ2n) is 5.53. The molecule has 1 amide bonds. The highest BCUT2D eigenvalue weighted by molar-refractivity contribution is 7.99. The zero-order chi connectivity index (χ0) is 16.8. The molecule has 0 saturated carbocycles. The van der Waals surface area contributed by atoms with Crippen molar-refractivity contribution in [1.82, 2.24) is 14.9 Å². The van der Waals surface area contributed by atoms with Crippen molar-refractivity contribution in [3.05, 3.63) is 53.3 Å². The maximum atomic E-state index is 12.3. The van der Waals surface area contributed by atoms with Crippen molar-refractivity contribution in [3.8, 4) is 6.01 Å². The maximum absolute atomic E-state index is 12.3. The first-order valence-electron chi connectivity index (χ1n) is 7.74. The van der Waals surface area contributed by atoms with Gasteiger partial charge in [0.1, 0.15) is 6.10 Å². The van der Waals surface area contributed by atoms with Crippen LogP contribution < -0.4 is 4.74 Å². The van der Waals surface area contributed by atoms with Crippen molar-refractivity contribution >= 4 is 29.3 Å². The standard InChI is InChI=1S/C17H18ClN3O2S/c18-14-8-19-17(20-9-14)23-15-6-7-21(10-15)16(22)12-24-11-13-4-2-1-3-5-13/h1-5,8-9,15H,6-7,10-12H2/t15-/m1/s1. The fourth-order valence-electron chi connectivity index (χ4n) is 2.48. The zero-order valence-electron chi connectivity index (χ0n) is 13.1. The lowest BCUT2D eigenvalue weighted by molar-refractivity contribution is -0.127. The predicted molar refractivity (Wildman–Crippen MR) is 95.3 cm³/mol. The number of thioether (sulfide) groups is 1. The molecule has 3 rings (SSSR count). The molecular weight excluding hydrogens is 346 g/mol. The molecule has 1 atom stereocenters. The minimum Gasteiger partial charge on any atom is -0.458 e. The highest BCUT2D eigenvalue weighted by Gasteiger charge is 2.27. The van der Waals surface area contributed by atoms with Crippen molar-refractivity contribution in [1.29, 1.82) is 0 Å². The number of likely N-dealkylation sites (tertiary alicyclic amines) is 1. The lowest BCUT2D eigenvalue weighted by atomic mass is 10.2. The number of benzene rings is 1. The smallest absolute Gasteiger partial charge is 0.316 e. The molecule has 1 fully saturated rings. The lowest BCUT2D eigenvalue weighted by Crippen LogP contribution is -2.32. The third-order valence-corrected chi connectivity index (χ3v) is 4.89. The monoisotopic (exact) mass is 363 g/mol. The van der Waals surface area contributed by atoms with Gasteiger partial charge in [0.2, 0.25) is 5.91 Å². The number of carbonyl (C=O) groups excluding carboxylic acids is 1. The Morgan fingerprint density at radius 2 is 2.04 bits per heavy atom. The SMILES string of the molecule is O=C(CSCc1ccccc1)N1CC[C@@H](Oc2ncc(Cl)cn2)C1. The first-order chi connectivity index (χ1) is 11.7. The number of hydrogen-bond donors (Lipinski definition) is 0. The fraction of sp³-hybridized carbons (Fsp3) is 0.353. The van der Waals surface area contributed by atoms with Crippen LogP contribution in [0.5, 0.6) is 6.01 Å². The number of amides is 1. The Balaban J connectivity index is 1.41. The van der Waals surface area contributed by atoms with Crippen LogP contribution in [0.25, 0.3) is 0 Å². The summed E-state index contributed by atoms with van der Waals surface area (Å²) in [5.41, 5.74) is 1.23. The molecule has 0 aliphatic carbocycles. The summed E-state index contributed by atoms with van der Waals surface area (Å²) in [6, 6.07) is 10.5. The molecule has 1 aromatic heterocycles. The van der Waals surface area contributed by atoms with Gasteiger partial charge in [0, 0.05) is 18.7 Å². The van der Waals surface area contributed by atoms with Crippen LogP contribution in [-0.4, -0.2) is 45.7 Å². The highest BCUT2D eigenvalue weighted by Crippen LogP contribution is 2.18. The summed E-state index contributed by atoms with van der Waals surface area (Å²) < 4.78 is 5.70. The lowest BCUT2D eigenvalue weighted by Gasteiger charge is -2.16. The Hall–Kier alpha value is -1.79. The summed E-state index contributed by atoms with van der Waals surface area (Å²) in [7, 11) is 0. The molecule has 1 aromatic carbocycles. The van der Waals surface area contributed by atoms with Gasteiger partial charge >= 0.3 is 6.01 Å². The molecule has 0 bridgehead atoms. The number of aromatic nitrogens is 2. The second-order valence-corrected chi connectivity index (χ2v) is 6.95. The van der Waals surface area contributed by atoms with Crippen LogP contribution in [0.1, 0.15) is 12.0 Å². The zero-order valence-corrected chi connectivity index (χ0v) is 14.7. The quantitative estimate of drug-likeness (QED) is 0.789. The molecule has 5 nitrogen and oxygen atoms in total. The van der Waals surface area contributed by atoms with E-state index < -0.39 is 0 Å². The molecule has 7 heteroatoms. The van der Waals surface area contributed by atoms with Gasteiger partial charge in [0.25, 0.3) is 0 Å². The van der Waals surface area contributed by atoms with E-state index >= 15 is 0 Å². The van der Waals surface area contributed by atoms with Crippen molar-refractivity contribution in [2.45, 2.75) is 18.3 Å². The van der Waals surface area contributed by atoms with Crippen LogP contribution in [0.3, 0.4) is 0 Å². The number of hydrogen-bond acceptors (Lipinski definition) is 5. The summed E-state index contributed by atoms with van der Waals surface area (Å²) in [6.07, 6.45) is 3.74. The molecule has 0 radical (unpaired) electrons. The normalized spacial score (nSPS) is 17.0. The number of halogens is 1. The number of ether oxygens (including phenoxy) is 1. The van der Waals surface area contributed by atoms with Gasteiger partial charge in [-0.1, -0.05) is 41.9 Å². The van der Waals surface area contributed by atoms with Crippen LogP contribution in [0.2, 0.25) is 5.02 Å². The van der Waals surface area contributed by atoms with Gasteiger partial charge in [-0.3, -0.25) is 4.79 Å². The van der Waals surface area contributed by atoms with Gasteiger partial charge in [-0.15, -0.1) is 11.8 Å². The van der Waals surface area contributed by atoms with Crippen molar-refractivity contribution in [2.24, 2.45) is 0 Å². The first kappa shape index (κ1) is 17.0. The summed E-state index contributed by atoms with van der Waals surface area (Å²) in [6.45, 7) is 1.29. The van der Waals surface area contributed by atoms with Crippen molar-refractivity contribution in [3.63, 3.8) is 0 Å². The molecule has 24 heavy (non-hydrogen) atoms. The van der Waals surface area contributed by atoms with Crippen molar-refractivity contribution < 1.29 is 9.53 Å². The topological polar surface area (TPSA) is 55.3 Å². The van der Waals surface area contributed by atoms with Crippen LogP contribution in [-0.2, 0) is 10.5 Å². The second kappa shape index (κ2) is 8.35. The van der Waals surface area contributed by atoms with Gasteiger partial charge in [-0.05, 0) is 5.56 Å². The van der Waals surface area contributed by atoms with E-state index in [4.69, 9.17) is 16.3 Å². The Kier molecular flexibility index (Phi) is 5.93. The first-order valence-corrected chi connectivity index (χ1v) is 9.27. The number of rotatable bonds is 6. The third-order valence-electron chi connectivity index (χ3n) is 3.70. The minimum atomic E-state index is -0.0609. The van der Waals surface area contributed by atoms with E-state index in [0.29, 0.717) is 29.9 Å². The Morgan fingerprint density at radius 1 is 1.29 bits per heavy atom. The maximum Gasteiger partial charge on any atom is 0.316 e. The molecule has 0 unspecified atom stereocenters. The number of nitrogens with zero attached hydrogens (tertiary/aromatic N) is 3. The van der Waals surface area contributed by atoms with Gasteiger partial charge in [-0.25, -0.2) is 9.97 Å². The summed E-state index contributed by atoms with van der Waals surface area (Å²) in [5, 5.41) is 0.473. The Labute approximate surface area is 150 Å². The molecule has 2 heterocycles.